The number of carbonyl (C=O) groups excluding carboxylic acids is 2. The number of hydrogen-bond acceptors (Lipinski definition) is 8. The lowest BCUT2D eigenvalue weighted by Gasteiger charge is -2.42. The van der Waals surface area contributed by atoms with Crippen molar-refractivity contribution in [2.75, 3.05) is 45.3 Å². The van der Waals surface area contributed by atoms with E-state index in [4.69, 9.17) is 14.5 Å². The highest BCUT2D eigenvalue weighted by molar-refractivity contribution is 7.16. The SMILES string of the molecule is Cc1cc2c(s1)Nc1ccccc1N=C2N1CC[N+](C)(COC(=O)N[C@@H](Cc2ccccc2)C(=O)OCc2ccccc2)CC1. The second-order valence-corrected chi connectivity index (χ2v) is 13.0. The number of likely N-dealkylation sites (N-methyl/N-ethyl adjacent to an activating group) is 1. The molecule has 232 valence electrons. The number of benzene rings is 3. The smallest absolute Gasteiger partial charge is 0.412 e. The summed E-state index contributed by atoms with van der Waals surface area (Å²) in [6, 6.07) is 28.5. The van der Waals surface area contributed by atoms with Crippen LogP contribution in [0.4, 0.5) is 21.2 Å². The maximum atomic E-state index is 13.1. The van der Waals surface area contributed by atoms with E-state index in [-0.39, 0.29) is 13.3 Å². The van der Waals surface area contributed by atoms with E-state index in [2.05, 4.69) is 41.6 Å². The molecule has 45 heavy (non-hydrogen) atoms. The third kappa shape index (κ3) is 7.53. The molecule has 1 aromatic heterocycles. The number of alkyl carbamates (subject to hydrolysis) is 1. The Balaban J connectivity index is 1.07. The van der Waals surface area contributed by atoms with Crippen molar-refractivity contribution in [3.63, 3.8) is 0 Å². The number of anilines is 2. The Hall–Kier alpha value is -4.67. The quantitative estimate of drug-likeness (QED) is 0.185. The fourth-order valence-corrected chi connectivity index (χ4v) is 6.47. The van der Waals surface area contributed by atoms with E-state index in [0.29, 0.717) is 10.9 Å². The van der Waals surface area contributed by atoms with Gasteiger partial charge in [-0.3, -0.25) is 4.48 Å². The molecule has 4 aromatic rings. The van der Waals surface area contributed by atoms with Crippen molar-refractivity contribution in [3.8, 4) is 0 Å². The van der Waals surface area contributed by atoms with Gasteiger partial charge < -0.3 is 25.0 Å². The van der Waals surface area contributed by atoms with Gasteiger partial charge in [-0.15, -0.1) is 11.3 Å². The summed E-state index contributed by atoms with van der Waals surface area (Å²) in [4.78, 5) is 34.8. The van der Waals surface area contributed by atoms with Crippen LogP contribution in [-0.4, -0.2) is 73.3 Å². The van der Waals surface area contributed by atoms with E-state index in [9.17, 15) is 9.59 Å². The fraction of sp³-hybridized carbons (Fsp3) is 0.286. The number of ether oxygens (including phenoxy) is 2. The molecule has 6 rings (SSSR count). The molecule has 0 unspecified atom stereocenters. The number of para-hydroxylation sites is 2. The summed E-state index contributed by atoms with van der Waals surface area (Å²) in [7, 11) is 2.09. The van der Waals surface area contributed by atoms with Crippen LogP contribution >= 0.6 is 11.3 Å². The van der Waals surface area contributed by atoms with Crippen LogP contribution < -0.4 is 10.6 Å². The lowest BCUT2D eigenvalue weighted by atomic mass is 10.1. The van der Waals surface area contributed by atoms with Gasteiger partial charge in [0.05, 0.1) is 50.2 Å². The van der Waals surface area contributed by atoms with E-state index < -0.39 is 18.1 Å². The summed E-state index contributed by atoms with van der Waals surface area (Å²) < 4.78 is 11.9. The highest BCUT2D eigenvalue weighted by atomic mass is 32.1. The summed E-state index contributed by atoms with van der Waals surface area (Å²) in [6.45, 7) is 5.50. The minimum Gasteiger partial charge on any atom is -0.459 e. The molecule has 0 bridgehead atoms. The molecule has 0 radical (unpaired) electrons. The van der Waals surface area contributed by atoms with Gasteiger partial charge in [0.1, 0.15) is 23.5 Å². The lowest BCUT2D eigenvalue weighted by molar-refractivity contribution is -0.928. The minimum atomic E-state index is -0.876. The molecule has 0 aliphatic carbocycles. The Labute approximate surface area is 267 Å². The second kappa shape index (κ2) is 13.5. The monoisotopic (exact) mass is 624 g/mol. The van der Waals surface area contributed by atoms with Crippen molar-refractivity contribution in [1.29, 1.82) is 0 Å². The van der Waals surface area contributed by atoms with Crippen molar-refractivity contribution >= 4 is 45.6 Å². The lowest BCUT2D eigenvalue weighted by Crippen LogP contribution is -2.59. The molecule has 9 nitrogen and oxygen atoms in total. The van der Waals surface area contributed by atoms with Crippen LogP contribution in [0.2, 0.25) is 0 Å². The topological polar surface area (TPSA) is 92.3 Å². The summed E-state index contributed by atoms with van der Waals surface area (Å²) in [5.74, 6) is 0.464. The maximum absolute atomic E-state index is 13.1. The Morgan fingerprint density at radius 1 is 0.956 bits per heavy atom. The molecule has 1 atom stereocenters. The predicted molar refractivity (Wildman–Crippen MR) is 177 cm³/mol. The number of thiophene rings is 1. The van der Waals surface area contributed by atoms with Crippen LogP contribution in [0.3, 0.4) is 0 Å². The largest absolute Gasteiger partial charge is 0.459 e. The third-order valence-electron chi connectivity index (χ3n) is 8.18. The summed E-state index contributed by atoms with van der Waals surface area (Å²) >= 11 is 1.73. The van der Waals surface area contributed by atoms with Gasteiger partial charge in [-0.05, 0) is 36.2 Å². The van der Waals surface area contributed by atoms with Gasteiger partial charge >= 0.3 is 12.1 Å². The Bertz CT molecular complexity index is 1670. The number of nitrogens with one attached hydrogen (secondary N) is 2. The number of carbonyl (C=O) groups is 2. The highest BCUT2D eigenvalue weighted by Gasteiger charge is 2.34. The second-order valence-electron chi connectivity index (χ2n) is 11.8. The van der Waals surface area contributed by atoms with Crippen molar-refractivity contribution in [1.82, 2.24) is 10.2 Å². The van der Waals surface area contributed by atoms with Crippen molar-refractivity contribution in [2.24, 2.45) is 4.99 Å². The fourth-order valence-electron chi connectivity index (χ4n) is 5.55. The van der Waals surface area contributed by atoms with Crippen LogP contribution in [0.5, 0.6) is 0 Å². The van der Waals surface area contributed by atoms with Gasteiger partial charge in [-0.2, -0.15) is 0 Å². The van der Waals surface area contributed by atoms with E-state index in [0.717, 1.165) is 65.1 Å². The standard InChI is InChI=1S/C35H37N5O4S/c1-25-21-28-32(36-29-15-9-10-16-30(29)37-33(28)45-25)39-17-19-40(2,20-18-39)24-44-35(42)38-31(22-26-11-5-3-6-12-26)34(41)43-23-27-13-7-4-8-14-27/h3-16,21,31H,17-20,22-24H2,1-2H3,(H-,36,37,38,42)/p+1/t31-/m0/s1. The van der Waals surface area contributed by atoms with E-state index in [1.54, 1.807) is 11.3 Å². The zero-order valence-electron chi connectivity index (χ0n) is 25.6. The Morgan fingerprint density at radius 2 is 1.62 bits per heavy atom. The summed E-state index contributed by atoms with van der Waals surface area (Å²) in [5.41, 5.74) is 4.83. The molecule has 0 saturated carbocycles. The molecule has 2 N–H and O–H groups in total. The van der Waals surface area contributed by atoms with Gasteiger partial charge in [0.15, 0.2) is 0 Å². The number of aryl methyl sites for hydroxylation is 1. The first-order valence-corrected chi connectivity index (χ1v) is 16.0. The molecule has 0 spiro atoms. The molecular formula is C35H38N5O4S+. The number of esters is 1. The predicted octanol–water partition coefficient (Wildman–Crippen LogP) is 5.99. The first-order chi connectivity index (χ1) is 21.8. The Kier molecular flexibility index (Phi) is 9.13. The van der Waals surface area contributed by atoms with Gasteiger partial charge in [0.25, 0.3) is 0 Å². The number of quaternary nitrogens is 1. The van der Waals surface area contributed by atoms with Crippen LogP contribution in [0, 0.1) is 6.92 Å². The summed E-state index contributed by atoms with van der Waals surface area (Å²) in [5, 5.41) is 7.44. The molecular weight excluding hydrogens is 586 g/mol. The molecule has 10 heteroatoms. The number of hydrogen-bond donors (Lipinski definition) is 2. The highest BCUT2D eigenvalue weighted by Crippen LogP contribution is 2.39. The average molecular weight is 625 g/mol. The number of piperazine rings is 1. The first-order valence-electron chi connectivity index (χ1n) is 15.2. The third-order valence-corrected chi connectivity index (χ3v) is 9.15. The Morgan fingerprint density at radius 3 is 2.36 bits per heavy atom. The molecule has 3 aromatic carbocycles. The van der Waals surface area contributed by atoms with Crippen molar-refractivity contribution in [2.45, 2.75) is 26.0 Å². The molecule has 1 saturated heterocycles. The molecule has 3 heterocycles. The van der Waals surface area contributed by atoms with Gasteiger partial charge in [-0.25, -0.2) is 14.6 Å². The van der Waals surface area contributed by atoms with Crippen LogP contribution in [0.15, 0.2) is 96.0 Å². The number of fused-ring (bicyclic) bond motifs is 2. The number of rotatable bonds is 8. The zero-order valence-corrected chi connectivity index (χ0v) is 26.4. The van der Waals surface area contributed by atoms with E-state index in [1.165, 1.54) is 4.88 Å². The van der Waals surface area contributed by atoms with Gasteiger partial charge in [0.2, 0.25) is 6.73 Å². The zero-order chi connectivity index (χ0) is 31.2. The van der Waals surface area contributed by atoms with Crippen molar-refractivity contribution < 1.29 is 23.5 Å². The number of amides is 1. The minimum absolute atomic E-state index is 0.131. The maximum Gasteiger partial charge on any atom is 0.412 e. The van der Waals surface area contributed by atoms with E-state index >= 15 is 0 Å². The molecule has 1 fully saturated rings. The van der Waals surface area contributed by atoms with Crippen LogP contribution in [0.25, 0.3) is 0 Å². The summed E-state index contributed by atoms with van der Waals surface area (Å²) in [6.07, 6.45) is -0.335. The van der Waals surface area contributed by atoms with Crippen molar-refractivity contribution in [3.05, 3.63) is 113 Å². The number of amidine groups is 1. The first kappa shape index (κ1) is 30.4. The van der Waals surface area contributed by atoms with E-state index in [1.807, 2.05) is 78.9 Å². The average Bonchev–Trinajstić information content (AvgIpc) is 3.35. The molecule has 2 aliphatic heterocycles. The number of nitrogens with zero attached hydrogens (tertiary/aromatic N) is 3. The normalized spacial score (nSPS) is 15.8. The molecule has 2 aliphatic rings. The molecule has 1 amide bonds. The van der Waals surface area contributed by atoms with Gasteiger partial charge in [0, 0.05) is 11.3 Å². The van der Waals surface area contributed by atoms with Crippen LogP contribution in [-0.2, 0) is 27.3 Å². The van der Waals surface area contributed by atoms with Crippen LogP contribution in [0.1, 0.15) is 21.6 Å². The van der Waals surface area contributed by atoms with Gasteiger partial charge in [-0.1, -0.05) is 72.8 Å². The number of aliphatic imine (C=N–C) groups is 1.